The third kappa shape index (κ3) is 6.09. The average Bonchev–Trinajstić information content (AvgIpc) is 2.38. The highest BCUT2D eigenvalue weighted by Gasteiger charge is 2.16. The Morgan fingerprint density at radius 2 is 1.67 bits per heavy atom. The lowest BCUT2D eigenvalue weighted by Crippen LogP contribution is -2.37. The summed E-state index contributed by atoms with van der Waals surface area (Å²) < 4.78 is 6.32. The van der Waals surface area contributed by atoms with Crippen molar-refractivity contribution in [2.75, 3.05) is 13.1 Å². The molecular formula is C19H33NO. The van der Waals surface area contributed by atoms with E-state index in [2.05, 4.69) is 72.0 Å². The van der Waals surface area contributed by atoms with Gasteiger partial charge >= 0.3 is 0 Å². The van der Waals surface area contributed by atoms with Crippen LogP contribution in [0.1, 0.15) is 58.6 Å². The Labute approximate surface area is 131 Å². The van der Waals surface area contributed by atoms with E-state index in [-0.39, 0.29) is 6.10 Å². The van der Waals surface area contributed by atoms with Gasteiger partial charge in [-0.25, -0.2) is 0 Å². The lowest BCUT2D eigenvalue weighted by Gasteiger charge is -2.25. The lowest BCUT2D eigenvalue weighted by molar-refractivity contribution is 0.147. The van der Waals surface area contributed by atoms with Crippen LogP contribution in [0.3, 0.4) is 0 Å². The second kappa shape index (κ2) is 8.43. The number of aryl methyl sites for hydroxylation is 1. The van der Waals surface area contributed by atoms with E-state index in [1.54, 1.807) is 0 Å². The van der Waals surface area contributed by atoms with Crippen molar-refractivity contribution in [3.8, 4) is 5.75 Å². The minimum Gasteiger partial charge on any atom is -0.489 e. The first-order valence-electron chi connectivity index (χ1n) is 8.29. The van der Waals surface area contributed by atoms with Crippen LogP contribution in [0.15, 0.2) is 18.2 Å². The van der Waals surface area contributed by atoms with Crippen molar-refractivity contribution in [2.24, 2.45) is 11.8 Å². The van der Waals surface area contributed by atoms with Gasteiger partial charge in [0.1, 0.15) is 11.9 Å². The van der Waals surface area contributed by atoms with E-state index in [1.807, 2.05) is 0 Å². The summed E-state index contributed by atoms with van der Waals surface area (Å²) in [6.07, 6.45) is 0.213. The third-order valence-electron chi connectivity index (χ3n) is 3.80. The molecule has 0 radical (unpaired) electrons. The molecule has 0 aliphatic heterocycles. The molecular weight excluding hydrogens is 258 g/mol. The molecule has 1 aromatic rings. The predicted molar refractivity (Wildman–Crippen MR) is 92.2 cm³/mol. The van der Waals surface area contributed by atoms with Crippen LogP contribution in [-0.4, -0.2) is 19.2 Å². The summed E-state index contributed by atoms with van der Waals surface area (Å²) in [7, 11) is 0. The molecule has 1 N–H and O–H groups in total. The molecule has 0 spiro atoms. The Morgan fingerprint density at radius 1 is 1.00 bits per heavy atom. The standard InChI is InChI=1S/C19H33NO/c1-13(2)11-20-12-19(15(5)6)21-18-10-17(14(3)4)9-8-16(18)7/h8-10,13-15,19-20H,11-12H2,1-7H3. The van der Waals surface area contributed by atoms with Gasteiger partial charge in [0.05, 0.1) is 0 Å². The van der Waals surface area contributed by atoms with Gasteiger partial charge in [0.15, 0.2) is 0 Å². The molecule has 120 valence electrons. The van der Waals surface area contributed by atoms with Gasteiger partial charge in [-0.05, 0) is 48.4 Å². The van der Waals surface area contributed by atoms with Crippen LogP contribution in [0, 0.1) is 18.8 Å². The first-order valence-corrected chi connectivity index (χ1v) is 8.29. The van der Waals surface area contributed by atoms with Crippen LogP contribution >= 0.6 is 0 Å². The van der Waals surface area contributed by atoms with Gasteiger partial charge < -0.3 is 10.1 Å². The van der Waals surface area contributed by atoms with Crippen LogP contribution in [0.4, 0.5) is 0 Å². The van der Waals surface area contributed by atoms with E-state index in [4.69, 9.17) is 4.74 Å². The highest BCUT2D eigenvalue weighted by Crippen LogP contribution is 2.26. The molecule has 1 unspecified atom stereocenters. The Bertz CT molecular complexity index is 424. The highest BCUT2D eigenvalue weighted by molar-refractivity contribution is 5.38. The van der Waals surface area contributed by atoms with Crippen molar-refractivity contribution >= 4 is 0 Å². The van der Waals surface area contributed by atoms with Gasteiger partial charge in [0.2, 0.25) is 0 Å². The fourth-order valence-electron chi connectivity index (χ4n) is 2.19. The zero-order chi connectivity index (χ0) is 16.0. The molecule has 1 atom stereocenters. The van der Waals surface area contributed by atoms with E-state index in [0.717, 1.165) is 18.8 Å². The summed E-state index contributed by atoms with van der Waals surface area (Å²) in [5.41, 5.74) is 2.56. The molecule has 1 aromatic carbocycles. The number of hydrogen-bond donors (Lipinski definition) is 1. The molecule has 0 aromatic heterocycles. The number of benzene rings is 1. The first-order chi connectivity index (χ1) is 9.81. The number of nitrogens with one attached hydrogen (secondary N) is 1. The van der Waals surface area contributed by atoms with Crippen LogP contribution < -0.4 is 10.1 Å². The van der Waals surface area contributed by atoms with E-state index in [9.17, 15) is 0 Å². The molecule has 0 saturated carbocycles. The van der Waals surface area contributed by atoms with Crippen LogP contribution in [0.2, 0.25) is 0 Å². The minimum absolute atomic E-state index is 0.213. The van der Waals surface area contributed by atoms with Crippen molar-refractivity contribution in [1.82, 2.24) is 5.32 Å². The highest BCUT2D eigenvalue weighted by atomic mass is 16.5. The minimum atomic E-state index is 0.213. The molecule has 2 heteroatoms. The molecule has 0 amide bonds. The Balaban J connectivity index is 2.76. The van der Waals surface area contributed by atoms with Crippen molar-refractivity contribution in [1.29, 1.82) is 0 Å². The Morgan fingerprint density at radius 3 is 2.19 bits per heavy atom. The molecule has 0 fully saturated rings. The second-order valence-electron chi connectivity index (χ2n) is 7.13. The molecule has 0 aliphatic carbocycles. The number of rotatable bonds is 8. The third-order valence-corrected chi connectivity index (χ3v) is 3.80. The summed E-state index contributed by atoms with van der Waals surface area (Å²) in [5.74, 6) is 2.73. The van der Waals surface area contributed by atoms with Gasteiger partial charge in [-0.15, -0.1) is 0 Å². The summed E-state index contributed by atoms with van der Waals surface area (Å²) in [5, 5.41) is 3.52. The Kier molecular flexibility index (Phi) is 7.24. The fraction of sp³-hybridized carbons (Fsp3) is 0.684. The van der Waals surface area contributed by atoms with E-state index >= 15 is 0 Å². The first kappa shape index (κ1) is 18.0. The molecule has 2 nitrogen and oxygen atoms in total. The molecule has 0 heterocycles. The quantitative estimate of drug-likeness (QED) is 0.745. The summed E-state index contributed by atoms with van der Waals surface area (Å²) in [6.45, 7) is 17.4. The predicted octanol–water partition coefficient (Wildman–Crippen LogP) is 4.77. The Hall–Kier alpha value is -1.02. The SMILES string of the molecule is Cc1ccc(C(C)C)cc1OC(CNCC(C)C)C(C)C. The van der Waals surface area contributed by atoms with Gasteiger partial charge in [0.25, 0.3) is 0 Å². The lowest BCUT2D eigenvalue weighted by atomic mass is 10.0. The van der Waals surface area contributed by atoms with Gasteiger partial charge in [0, 0.05) is 6.54 Å². The monoisotopic (exact) mass is 291 g/mol. The second-order valence-corrected chi connectivity index (χ2v) is 7.13. The maximum atomic E-state index is 6.32. The van der Waals surface area contributed by atoms with E-state index in [0.29, 0.717) is 17.8 Å². The summed E-state index contributed by atoms with van der Waals surface area (Å²) >= 11 is 0. The van der Waals surface area contributed by atoms with Crippen molar-refractivity contribution in [3.05, 3.63) is 29.3 Å². The van der Waals surface area contributed by atoms with E-state index in [1.165, 1.54) is 11.1 Å². The maximum Gasteiger partial charge on any atom is 0.122 e. The van der Waals surface area contributed by atoms with Crippen LogP contribution in [0.25, 0.3) is 0 Å². The average molecular weight is 291 g/mol. The molecule has 1 rings (SSSR count). The van der Waals surface area contributed by atoms with Crippen molar-refractivity contribution in [2.45, 2.75) is 60.5 Å². The normalized spacial score (nSPS) is 13.2. The molecule has 0 saturated heterocycles. The van der Waals surface area contributed by atoms with Crippen LogP contribution in [0.5, 0.6) is 5.75 Å². The molecule has 21 heavy (non-hydrogen) atoms. The van der Waals surface area contributed by atoms with Crippen molar-refractivity contribution in [3.63, 3.8) is 0 Å². The smallest absolute Gasteiger partial charge is 0.122 e. The fourth-order valence-corrected chi connectivity index (χ4v) is 2.19. The zero-order valence-corrected chi connectivity index (χ0v) is 14.9. The van der Waals surface area contributed by atoms with Gasteiger partial charge in [-0.3, -0.25) is 0 Å². The topological polar surface area (TPSA) is 21.3 Å². The summed E-state index contributed by atoms with van der Waals surface area (Å²) in [4.78, 5) is 0. The number of ether oxygens (including phenoxy) is 1. The molecule has 0 bridgehead atoms. The van der Waals surface area contributed by atoms with Gasteiger partial charge in [-0.2, -0.15) is 0 Å². The van der Waals surface area contributed by atoms with Crippen LogP contribution in [-0.2, 0) is 0 Å². The number of hydrogen-bond acceptors (Lipinski definition) is 2. The van der Waals surface area contributed by atoms with Crippen molar-refractivity contribution < 1.29 is 4.74 Å². The van der Waals surface area contributed by atoms with Gasteiger partial charge in [-0.1, -0.05) is 53.7 Å². The maximum absolute atomic E-state index is 6.32. The largest absolute Gasteiger partial charge is 0.489 e. The summed E-state index contributed by atoms with van der Waals surface area (Å²) in [6, 6.07) is 6.58. The zero-order valence-electron chi connectivity index (χ0n) is 14.9. The van der Waals surface area contributed by atoms with E-state index < -0.39 is 0 Å². The molecule has 0 aliphatic rings.